The number of ether oxygens (including phenoxy) is 7. The lowest BCUT2D eigenvalue weighted by molar-refractivity contribution is -0.152. The number of alkyl carbamates (subject to hydrolysis) is 2. The van der Waals surface area contributed by atoms with Crippen LogP contribution in [-0.2, 0) is 61.9 Å². The van der Waals surface area contributed by atoms with Gasteiger partial charge in [0.15, 0.2) is 12.1 Å². The molecule has 2 amide bonds. The Balaban J connectivity index is -0.000000158. The SMILES string of the molecule is CCC(=O)O.CCOC(=O)[C@@H](N)COC(=O)CN.CCOC(=O)[C@H](CO)NC(=O)OC(C)(C)C.CCOC(=O)[C@H](COC(=O)CC)NC(=O)OC(C)(C)C.Cl.Cl. The molecule has 0 bridgehead atoms. The van der Waals surface area contributed by atoms with Gasteiger partial charge in [0.05, 0.1) is 33.0 Å². The van der Waals surface area contributed by atoms with Crippen LogP contribution in [0.5, 0.6) is 0 Å². The molecule has 0 spiro atoms. The Morgan fingerprint density at radius 3 is 1.27 bits per heavy atom. The fourth-order valence-electron chi connectivity index (χ4n) is 2.57. The van der Waals surface area contributed by atoms with Gasteiger partial charge in [-0.2, -0.15) is 0 Å². The molecule has 0 aliphatic carbocycles. The second-order valence-electron chi connectivity index (χ2n) is 12.1. The van der Waals surface area contributed by atoms with Crippen molar-refractivity contribution < 1.29 is 81.7 Å². The summed E-state index contributed by atoms with van der Waals surface area (Å²) >= 11 is 0. The van der Waals surface area contributed by atoms with E-state index in [2.05, 4.69) is 24.8 Å². The number of carboxylic acid groups (broad SMARTS) is 1. The molecule has 0 aromatic carbocycles. The number of amides is 2. The van der Waals surface area contributed by atoms with Crippen LogP contribution in [0.25, 0.3) is 0 Å². The zero-order valence-corrected chi connectivity index (χ0v) is 35.7. The van der Waals surface area contributed by atoms with Gasteiger partial charge in [0.2, 0.25) is 0 Å². The molecule has 0 aliphatic heterocycles. The number of aliphatic hydroxyl groups excluding tert-OH is 1. The van der Waals surface area contributed by atoms with E-state index in [1.54, 1.807) is 76.2 Å². The highest BCUT2D eigenvalue weighted by molar-refractivity contribution is 5.86. The third-order valence-corrected chi connectivity index (χ3v) is 4.89. The van der Waals surface area contributed by atoms with Gasteiger partial charge < -0.3 is 65.5 Å². The Morgan fingerprint density at radius 1 is 0.589 bits per heavy atom. The number of hydrogen-bond acceptors (Lipinski definition) is 18. The minimum Gasteiger partial charge on any atom is -0.481 e. The average Bonchev–Trinajstić information content (AvgIpc) is 3.06. The smallest absolute Gasteiger partial charge is 0.408 e. The highest BCUT2D eigenvalue weighted by Gasteiger charge is 2.27. The third-order valence-electron chi connectivity index (χ3n) is 4.89. The molecule has 0 aliphatic rings. The summed E-state index contributed by atoms with van der Waals surface area (Å²) in [5.41, 5.74) is 8.93. The van der Waals surface area contributed by atoms with Gasteiger partial charge in [0, 0.05) is 12.8 Å². The maximum atomic E-state index is 11.7. The molecule has 0 fully saturated rings. The lowest BCUT2D eigenvalue weighted by Gasteiger charge is -2.22. The van der Waals surface area contributed by atoms with Crippen molar-refractivity contribution in [3.8, 4) is 0 Å². The minimum absolute atomic E-state index is 0. The van der Waals surface area contributed by atoms with Crippen molar-refractivity contribution in [1.82, 2.24) is 10.6 Å². The first-order valence-electron chi connectivity index (χ1n) is 17.0. The monoisotopic (exact) mass is 858 g/mol. The molecule has 332 valence electrons. The van der Waals surface area contributed by atoms with E-state index in [-0.39, 0.29) is 77.2 Å². The number of carbonyl (C=O) groups excluding carboxylic acids is 7. The molecule has 0 aromatic heterocycles. The summed E-state index contributed by atoms with van der Waals surface area (Å²) in [6, 6.07) is -3.11. The van der Waals surface area contributed by atoms with Crippen molar-refractivity contribution in [3.63, 3.8) is 0 Å². The van der Waals surface area contributed by atoms with Crippen molar-refractivity contribution >= 4 is 72.8 Å². The first kappa shape index (κ1) is 63.7. The van der Waals surface area contributed by atoms with Gasteiger partial charge in [0.1, 0.15) is 30.5 Å². The summed E-state index contributed by atoms with van der Waals surface area (Å²) in [4.78, 5) is 87.7. The van der Waals surface area contributed by atoms with Gasteiger partial charge in [-0.15, -0.1) is 24.8 Å². The Labute approximate surface area is 340 Å². The molecule has 8 N–H and O–H groups in total. The van der Waals surface area contributed by atoms with Crippen LogP contribution < -0.4 is 22.1 Å². The van der Waals surface area contributed by atoms with Crippen LogP contribution in [0.3, 0.4) is 0 Å². The second kappa shape index (κ2) is 36.5. The third kappa shape index (κ3) is 42.6. The number of esters is 5. The summed E-state index contributed by atoms with van der Waals surface area (Å²) < 4.78 is 33.4. The van der Waals surface area contributed by atoms with Gasteiger partial charge in [-0.1, -0.05) is 13.8 Å². The van der Waals surface area contributed by atoms with Crippen LogP contribution in [0.1, 0.15) is 89.0 Å². The van der Waals surface area contributed by atoms with Crippen LogP contribution in [0.15, 0.2) is 0 Å². The summed E-state index contributed by atoms with van der Waals surface area (Å²) in [6.07, 6.45) is -1.13. The topological polar surface area (TPSA) is 318 Å². The van der Waals surface area contributed by atoms with Crippen molar-refractivity contribution in [1.29, 1.82) is 0 Å². The Bertz CT molecular complexity index is 1150. The zero-order valence-electron chi connectivity index (χ0n) is 34.1. The lowest BCUT2D eigenvalue weighted by Crippen LogP contribution is -2.47. The molecule has 0 radical (unpaired) electrons. The lowest BCUT2D eigenvalue weighted by atomic mass is 10.2. The number of aliphatic hydroxyl groups is 1. The molecular weight excluding hydrogens is 795 g/mol. The molecule has 0 saturated carbocycles. The predicted octanol–water partition coefficient (Wildman–Crippen LogP) is 1.53. The summed E-state index contributed by atoms with van der Waals surface area (Å²) in [7, 11) is 0. The molecule has 0 unspecified atom stereocenters. The normalized spacial score (nSPS) is 11.5. The molecule has 3 atom stereocenters. The first-order valence-corrected chi connectivity index (χ1v) is 17.0. The standard InChI is InChI=1S/C13H23NO6.C10H19NO5.C7H14N2O4.C3H6O2.2ClH/c1-6-10(15)19-8-9(11(16)18-7-2)14-12(17)20-13(3,4)5;1-5-15-8(13)7(6-12)11-9(14)16-10(2,3)4;1-2-12-7(11)5(9)4-13-6(10)3-8;1-2-3(4)5;;/h9H,6-8H2,1-5H3,(H,14,17);7,12H,5-6H2,1-4H3,(H,11,14);5H,2-4,8-9H2,1H3;2H2,1H3,(H,4,5);2*1H/t9-;7-;5-;;;/m000.../s1. The van der Waals surface area contributed by atoms with Gasteiger partial charge >= 0.3 is 48.0 Å². The van der Waals surface area contributed by atoms with Crippen LogP contribution in [0.4, 0.5) is 9.59 Å². The van der Waals surface area contributed by atoms with Crippen molar-refractivity contribution in [3.05, 3.63) is 0 Å². The zero-order chi connectivity index (χ0) is 43.1. The van der Waals surface area contributed by atoms with Gasteiger partial charge in [-0.3, -0.25) is 19.2 Å². The minimum atomic E-state index is -1.09. The largest absolute Gasteiger partial charge is 0.481 e. The first-order chi connectivity index (χ1) is 24.9. The van der Waals surface area contributed by atoms with Crippen LogP contribution in [0.2, 0.25) is 0 Å². The Hall–Kier alpha value is -4.18. The highest BCUT2D eigenvalue weighted by atomic mass is 35.5. The quantitative estimate of drug-likeness (QED) is 0.0947. The number of rotatable bonds is 16. The van der Waals surface area contributed by atoms with E-state index >= 15 is 0 Å². The van der Waals surface area contributed by atoms with E-state index < -0.39 is 83.9 Å². The molecular formula is C33H64Cl2N4O17. The Morgan fingerprint density at radius 2 is 0.946 bits per heavy atom. The van der Waals surface area contributed by atoms with Crippen molar-refractivity contribution in [2.75, 3.05) is 46.2 Å². The molecule has 0 aromatic rings. The van der Waals surface area contributed by atoms with E-state index in [4.69, 9.17) is 40.6 Å². The average molecular weight is 860 g/mol. The summed E-state index contributed by atoms with van der Waals surface area (Å²) in [6.45, 7) is 17.7. The maximum Gasteiger partial charge on any atom is 0.408 e. The van der Waals surface area contributed by atoms with E-state index in [1.807, 2.05) is 0 Å². The van der Waals surface area contributed by atoms with Crippen LogP contribution in [0, 0.1) is 0 Å². The molecule has 0 rings (SSSR count). The number of hydrogen-bond donors (Lipinski definition) is 6. The predicted molar refractivity (Wildman–Crippen MR) is 205 cm³/mol. The molecule has 0 heterocycles. The maximum absolute atomic E-state index is 11.7. The molecule has 0 saturated heterocycles. The molecule has 21 nitrogen and oxygen atoms in total. The number of halogens is 2. The van der Waals surface area contributed by atoms with Gasteiger partial charge in [0.25, 0.3) is 0 Å². The van der Waals surface area contributed by atoms with E-state index in [1.165, 1.54) is 0 Å². The summed E-state index contributed by atoms with van der Waals surface area (Å²) in [5.74, 6) is -3.76. The van der Waals surface area contributed by atoms with E-state index in [0.29, 0.717) is 0 Å². The van der Waals surface area contributed by atoms with Crippen LogP contribution >= 0.6 is 24.8 Å². The fourth-order valence-corrected chi connectivity index (χ4v) is 2.57. The molecule has 23 heteroatoms. The fraction of sp³-hybridized carbons (Fsp3) is 0.758. The van der Waals surface area contributed by atoms with Gasteiger partial charge in [-0.05, 0) is 62.3 Å². The number of aliphatic carboxylic acids is 1. The van der Waals surface area contributed by atoms with E-state index in [9.17, 15) is 38.4 Å². The van der Waals surface area contributed by atoms with Crippen LogP contribution in [-0.4, -0.2) is 134 Å². The number of carboxylic acids is 1. The number of carbonyl (C=O) groups is 8. The van der Waals surface area contributed by atoms with E-state index in [0.717, 1.165) is 0 Å². The van der Waals surface area contributed by atoms with Gasteiger partial charge in [-0.25, -0.2) is 19.2 Å². The highest BCUT2D eigenvalue weighted by Crippen LogP contribution is 2.08. The Kier molecular flexibility index (Phi) is 41.5. The van der Waals surface area contributed by atoms with Crippen molar-refractivity contribution in [2.45, 2.75) is 118 Å². The number of nitrogens with one attached hydrogen (secondary N) is 2. The summed E-state index contributed by atoms with van der Waals surface area (Å²) in [5, 5.41) is 21.2. The second-order valence-corrected chi connectivity index (χ2v) is 12.1. The molecule has 56 heavy (non-hydrogen) atoms. The van der Waals surface area contributed by atoms with Crippen molar-refractivity contribution in [2.24, 2.45) is 11.5 Å². The number of nitrogens with two attached hydrogens (primary N) is 2.